The molecule has 0 bridgehead atoms. The molecule has 2 heterocycles. The van der Waals surface area contributed by atoms with E-state index in [1.165, 1.54) is 5.56 Å². The maximum atomic E-state index is 13.0. The third-order valence-corrected chi connectivity index (χ3v) is 5.36. The molecule has 1 atom stereocenters. The Bertz CT molecular complexity index is 966. The normalized spacial score (nSPS) is 15.4. The van der Waals surface area contributed by atoms with Gasteiger partial charge >= 0.3 is 0 Å². The third kappa shape index (κ3) is 5.93. The molecule has 1 saturated heterocycles. The minimum atomic E-state index is -0.558. The van der Waals surface area contributed by atoms with Crippen LogP contribution in [0.3, 0.4) is 0 Å². The summed E-state index contributed by atoms with van der Waals surface area (Å²) in [6, 6.07) is 19.1. The Balaban J connectivity index is 1.41. The van der Waals surface area contributed by atoms with E-state index < -0.39 is 6.04 Å². The Morgan fingerprint density at radius 1 is 1.10 bits per heavy atom. The van der Waals surface area contributed by atoms with Gasteiger partial charge in [0.2, 0.25) is 0 Å². The molecule has 3 aromatic rings. The van der Waals surface area contributed by atoms with Crippen LogP contribution in [0, 0.1) is 6.92 Å². The van der Waals surface area contributed by atoms with E-state index in [1.54, 1.807) is 13.0 Å². The third-order valence-electron chi connectivity index (χ3n) is 5.36. The van der Waals surface area contributed by atoms with Crippen molar-refractivity contribution in [2.45, 2.75) is 19.4 Å². The fraction of sp³-hybridized carbons (Fsp3) is 0.333. The zero-order valence-corrected chi connectivity index (χ0v) is 17.7. The molecule has 0 spiro atoms. The summed E-state index contributed by atoms with van der Waals surface area (Å²) in [6.07, 6.45) is 0.994. The lowest BCUT2D eigenvalue weighted by Crippen LogP contribution is -2.37. The van der Waals surface area contributed by atoms with E-state index in [9.17, 15) is 4.79 Å². The summed E-state index contributed by atoms with van der Waals surface area (Å²) in [5, 5.41) is 10.0. The Labute approximate surface area is 182 Å². The van der Waals surface area contributed by atoms with Crippen LogP contribution in [0.25, 0.3) is 0 Å². The molecule has 1 unspecified atom stereocenters. The van der Waals surface area contributed by atoms with Crippen LogP contribution in [0.5, 0.6) is 0 Å². The highest BCUT2D eigenvalue weighted by molar-refractivity contribution is 5.96. The lowest BCUT2D eigenvalue weighted by Gasteiger charge is -2.26. The van der Waals surface area contributed by atoms with Crippen LogP contribution < -0.4 is 10.6 Å². The molecule has 1 fully saturated rings. The van der Waals surface area contributed by atoms with E-state index in [-0.39, 0.29) is 5.91 Å². The van der Waals surface area contributed by atoms with E-state index >= 15 is 0 Å². The topological polar surface area (TPSA) is 79.6 Å². The Morgan fingerprint density at radius 2 is 1.84 bits per heavy atom. The Morgan fingerprint density at radius 3 is 2.52 bits per heavy atom. The summed E-state index contributed by atoms with van der Waals surface area (Å²) in [5.41, 5.74) is 3.03. The number of anilines is 2. The monoisotopic (exact) mass is 420 g/mol. The standard InChI is InChI=1S/C24H28N4O3/c1-18-17-22(27-31-18)26-24(29)23(20-5-3-2-4-6-20)25-21-9-7-19(8-10-21)11-12-28-13-15-30-16-14-28/h2-10,17,23,25H,11-16H2,1H3,(H,26,27,29). The average Bonchev–Trinajstić information content (AvgIpc) is 3.22. The molecule has 7 heteroatoms. The van der Waals surface area contributed by atoms with Gasteiger partial charge in [0.05, 0.1) is 13.2 Å². The number of carbonyl (C=O) groups is 1. The van der Waals surface area contributed by atoms with Crippen LogP contribution in [-0.4, -0.2) is 48.8 Å². The number of aryl methyl sites for hydroxylation is 1. The van der Waals surface area contributed by atoms with E-state index in [2.05, 4.69) is 32.8 Å². The first-order valence-corrected chi connectivity index (χ1v) is 10.6. The maximum Gasteiger partial charge on any atom is 0.252 e. The highest BCUT2D eigenvalue weighted by Crippen LogP contribution is 2.22. The van der Waals surface area contributed by atoms with Gasteiger partial charge in [-0.05, 0) is 36.6 Å². The van der Waals surface area contributed by atoms with Crippen LogP contribution in [0.4, 0.5) is 11.5 Å². The van der Waals surface area contributed by atoms with Gasteiger partial charge in [-0.3, -0.25) is 9.69 Å². The number of rotatable bonds is 8. The van der Waals surface area contributed by atoms with Gasteiger partial charge in [-0.15, -0.1) is 0 Å². The average molecular weight is 421 g/mol. The quantitative estimate of drug-likeness (QED) is 0.579. The van der Waals surface area contributed by atoms with Crippen molar-refractivity contribution in [3.63, 3.8) is 0 Å². The molecule has 1 aliphatic rings. The lowest BCUT2D eigenvalue weighted by molar-refractivity contribution is -0.117. The summed E-state index contributed by atoms with van der Waals surface area (Å²) >= 11 is 0. The van der Waals surface area contributed by atoms with Gasteiger partial charge in [0.25, 0.3) is 5.91 Å². The number of carbonyl (C=O) groups excluding carboxylic acids is 1. The summed E-state index contributed by atoms with van der Waals surface area (Å²) in [7, 11) is 0. The first kappa shape index (κ1) is 21.1. The van der Waals surface area contributed by atoms with Gasteiger partial charge in [0, 0.05) is 31.4 Å². The fourth-order valence-corrected chi connectivity index (χ4v) is 3.62. The SMILES string of the molecule is Cc1cc(NC(=O)C(Nc2ccc(CCN3CCOCC3)cc2)c2ccccc2)no1. The summed E-state index contributed by atoms with van der Waals surface area (Å²) in [6.45, 7) is 6.45. The molecule has 2 aromatic carbocycles. The first-order valence-electron chi connectivity index (χ1n) is 10.6. The molecule has 0 radical (unpaired) electrons. The van der Waals surface area contributed by atoms with Gasteiger partial charge in [0.15, 0.2) is 5.82 Å². The summed E-state index contributed by atoms with van der Waals surface area (Å²) < 4.78 is 10.5. The number of hydrogen-bond donors (Lipinski definition) is 2. The smallest absolute Gasteiger partial charge is 0.252 e. The van der Waals surface area contributed by atoms with Crippen molar-refractivity contribution in [2.75, 3.05) is 43.5 Å². The number of benzene rings is 2. The molecule has 0 saturated carbocycles. The molecule has 4 rings (SSSR count). The van der Waals surface area contributed by atoms with Gasteiger partial charge in [0.1, 0.15) is 11.8 Å². The van der Waals surface area contributed by atoms with Crippen LogP contribution in [0.1, 0.15) is 22.9 Å². The zero-order chi connectivity index (χ0) is 21.5. The molecule has 1 aliphatic heterocycles. The lowest BCUT2D eigenvalue weighted by atomic mass is 10.0. The first-order chi connectivity index (χ1) is 15.2. The predicted octanol–water partition coefficient (Wildman–Crippen LogP) is 3.65. The molecule has 0 aliphatic carbocycles. The molecule has 31 heavy (non-hydrogen) atoms. The van der Waals surface area contributed by atoms with Crippen molar-refractivity contribution in [2.24, 2.45) is 0 Å². The molecular weight excluding hydrogens is 392 g/mol. The number of amides is 1. The number of aromatic nitrogens is 1. The second-order valence-corrected chi connectivity index (χ2v) is 7.70. The van der Waals surface area contributed by atoms with Crippen molar-refractivity contribution >= 4 is 17.4 Å². The van der Waals surface area contributed by atoms with Crippen LogP contribution in [-0.2, 0) is 16.0 Å². The van der Waals surface area contributed by atoms with Crippen molar-refractivity contribution in [1.29, 1.82) is 0 Å². The van der Waals surface area contributed by atoms with Crippen molar-refractivity contribution < 1.29 is 14.1 Å². The van der Waals surface area contributed by atoms with Crippen molar-refractivity contribution in [3.05, 3.63) is 77.6 Å². The molecule has 7 nitrogen and oxygen atoms in total. The van der Waals surface area contributed by atoms with Crippen molar-refractivity contribution in [1.82, 2.24) is 10.1 Å². The molecular formula is C24H28N4O3. The van der Waals surface area contributed by atoms with E-state index in [4.69, 9.17) is 9.26 Å². The van der Waals surface area contributed by atoms with Gasteiger partial charge in [-0.25, -0.2) is 0 Å². The van der Waals surface area contributed by atoms with Gasteiger partial charge in [-0.2, -0.15) is 0 Å². The van der Waals surface area contributed by atoms with Crippen LogP contribution >= 0.6 is 0 Å². The molecule has 2 N–H and O–H groups in total. The van der Waals surface area contributed by atoms with Crippen molar-refractivity contribution in [3.8, 4) is 0 Å². The van der Waals surface area contributed by atoms with Gasteiger partial charge < -0.3 is 19.9 Å². The van der Waals surface area contributed by atoms with E-state index in [0.717, 1.165) is 50.5 Å². The van der Waals surface area contributed by atoms with E-state index in [0.29, 0.717) is 11.6 Å². The second-order valence-electron chi connectivity index (χ2n) is 7.70. The second kappa shape index (κ2) is 10.2. The van der Waals surface area contributed by atoms with E-state index in [1.807, 2.05) is 42.5 Å². The number of morpholine rings is 1. The molecule has 1 aromatic heterocycles. The highest BCUT2D eigenvalue weighted by Gasteiger charge is 2.21. The predicted molar refractivity (Wildman–Crippen MR) is 120 cm³/mol. The largest absolute Gasteiger partial charge is 0.379 e. The zero-order valence-electron chi connectivity index (χ0n) is 17.7. The summed E-state index contributed by atoms with van der Waals surface area (Å²) in [4.78, 5) is 15.4. The maximum absolute atomic E-state index is 13.0. The fourth-order valence-electron chi connectivity index (χ4n) is 3.62. The minimum Gasteiger partial charge on any atom is -0.379 e. The number of hydrogen-bond acceptors (Lipinski definition) is 6. The highest BCUT2D eigenvalue weighted by atomic mass is 16.5. The number of nitrogens with zero attached hydrogens (tertiary/aromatic N) is 2. The van der Waals surface area contributed by atoms with Gasteiger partial charge in [-0.1, -0.05) is 47.6 Å². The number of ether oxygens (including phenoxy) is 1. The molecule has 162 valence electrons. The number of nitrogens with one attached hydrogen (secondary N) is 2. The van der Waals surface area contributed by atoms with Crippen LogP contribution in [0.2, 0.25) is 0 Å². The molecule has 1 amide bonds. The van der Waals surface area contributed by atoms with Crippen LogP contribution in [0.15, 0.2) is 65.2 Å². The summed E-state index contributed by atoms with van der Waals surface area (Å²) in [5.74, 6) is 0.853. The Hall–Kier alpha value is -3.16. The Kier molecular flexibility index (Phi) is 6.96. The minimum absolute atomic E-state index is 0.198.